The van der Waals surface area contributed by atoms with Gasteiger partial charge in [0.1, 0.15) is 0 Å². The molecule has 0 unspecified atom stereocenters. The number of hydrogen-bond donors (Lipinski definition) is 1. The van der Waals surface area contributed by atoms with Crippen molar-refractivity contribution < 1.29 is 4.79 Å². The Bertz CT molecular complexity index is 661. The SMILES string of the molecule is CCCN(CCn1nc2ccccn2c1=O)CC(=O)NC. The van der Waals surface area contributed by atoms with Gasteiger partial charge in [-0.2, -0.15) is 0 Å². The summed E-state index contributed by atoms with van der Waals surface area (Å²) in [6, 6.07) is 5.45. The molecule has 21 heavy (non-hydrogen) atoms. The molecule has 0 aliphatic heterocycles. The Balaban J connectivity index is 2.06. The first-order valence-corrected chi connectivity index (χ1v) is 7.13. The molecule has 0 atom stereocenters. The lowest BCUT2D eigenvalue weighted by Crippen LogP contribution is -2.39. The maximum absolute atomic E-state index is 12.1. The van der Waals surface area contributed by atoms with Crippen molar-refractivity contribution in [2.24, 2.45) is 0 Å². The molecule has 2 aromatic heterocycles. The van der Waals surface area contributed by atoms with E-state index in [1.165, 1.54) is 9.08 Å². The number of likely N-dealkylation sites (N-methyl/N-ethyl adjacent to an activating group) is 1. The second-order valence-corrected chi connectivity index (χ2v) is 4.88. The molecule has 0 bridgehead atoms. The summed E-state index contributed by atoms with van der Waals surface area (Å²) in [4.78, 5) is 25.6. The molecular weight excluding hydrogens is 270 g/mol. The maximum atomic E-state index is 12.1. The lowest BCUT2D eigenvalue weighted by Gasteiger charge is -2.20. The van der Waals surface area contributed by atoms with Crippen molar-refractivity contribution in [3.8, 4) is 0 Å². The van der Waals surface area contributed by atoms with Gasteiger partial charge in [-0.3, -0.25) is 14.1 Å². The van der Waals surface area contributed by atoms with Crippen molar-refractivity contribution in [1.29, 1.82) is 0 Å². The number of nitrogens with zero attached hydrogens (tertiary/aromatic N) is 4. The van der Waals surface area contributed by atoms with E-state index in [9.17, 15) is 9.59 Å². The van der Waals surface area contributed by atoms with Crippen LogP contribution in [0, 0.1) is 0 Å². The van der Waals surface area contributed by atoms with Crippen LogP contribution in [0.1, 0.15) is 13.3 Å². The maximum Gasteiger partial charge on any atom is 0.350 e. The van der Waals surface area contributed by atoms with Gasteiger partial charge in [0.25, 0.3) is 0 Å². The fraction of sp³-hybridized carbons (Fsp3) is 0.500. The number of hydrogen-bond acceptors (Lipinski definition) is 4. The molecule has 7 nitrogen and oxygen atoms in total. The second kappa shape index (κ2) is 7.03. The smallest absolute Gasteiger partial charge is 0.350 e. The summed E-state index contributed by atoms with van der Waals surface area (Å²) >= 11 is 0. The molecule has 2 rings (SSSR count). The molecule has 7 heteroatoms. The number of nitrogens with one attached hydrogen (secondary N) is 1. The summed E-state index contributed by atoms with van der Waals surface area (Å²) in [5, 5.41) is 6.90. The van der Waals surface area contributed by atoms with E-state index in [0.717, 1.165) is 13.0 Å². The molecule has 1 amide bonds. The van der Waals surface area contributed by atoms with E-state index in [0.29, 0.717) is 25.3 Å². The summed E-state index contributed by atoms with van der Waals surface area (Å²) in [7, 11) is 1.62. The lowest BCUT2D eigenvalue weighted by atomic mass is 10.4. The van der Waals surface area contributed by atoms with Gasteiger partial charge in [0, 0.05) is 19.8 Å². The number of carbonyl (C=O) groups excluding carboxylic acids is 1. The zero-order valence-corrected chi connectivity index (χ0v) is 12.5. The zero-order chi connectivity index (χ0) is 15.2. The Morgan fingerprint density at radius 3 is 2.86 bits per heavy atom. The summed E-state index contributed by atoms with van der Waals surface area (Å²) in [6.07, 6.45) is 2.66. The summed E-state index contributed by atoms with van der Waals surface area (Å²) in [6.45, 7) is 4.30. The topological polar surface area (TPSA) is 71.6 Å². The standard InChI is InChI=1S/C14H21N5O2/c1-3-7-17(11-13(20)15-2)9-10-19-14(21)18-8-5-4-6-12(18)16-19/h4-6,8H,3,7,9-11H2,1-2H3,(H,15,20). The molecule has 0 fully saturated rings. The van der Waals surface area contributed by atoms with E-state index in [-0.39, 0.29) is 11.6 Å². The summed E-state index contributed by atoms with van der Waals surface area (Å²) in [5.41, 5.74) is 0.484. The highest BCUT2D eigenvalue weighted by Crippen LogP contribution is 1.97. The molecule has 0 saturated carbocycles. The highest BCUT2D eigenvalue weighted by Gasteiger charge is 2.11. The van der Waals surface area contributed by atoms with Crippen LogP contribution in [0.3, 0.4) is 0 Å². The molecule has 0 aliphatic carbocycles. The minimum absolute atomic E-state index is 0.0224. The first kappa shape index (κ1) is 15.2. The van der Waals surface area contributed by atoms with Gasteiger partial charge in [-0.1, -0.05) is 13.0 Å². The third-order valence-electron chi connectivity index (χ3n) is 3.30. The first-order valence-electron chi connectivity index (χ1n) is 7.13. The quantitative estimate of drug-likeness (QED) is 0.776. The number of rotatable bonds is 7. The Labute approximate surface area is 123 Å². The van der Waals surface area contributed by atoms with Crippen molar-refractivity contribution in [3.05, 3.63) is 34.9 Å². The average molecular weight is 291 g/mol. The number of aromatic nitrogens is 3. The van der Waals surface area contributed by atoms with E-state index in [1.807, 2.05) is 11.0 Å². The van der Waals surface area contributed by atoms with Gasteiger partial charge >= 0.3 is 5.69 Å². The molecule has 1 N–H and O–H groups in total. The van der Waals surface area contributed by atoms with Crippen molar-refractivity contribution in [1.82, 2.24) is 24.4 Å². The third kappa shape index (κ3) is 3.69. The number of pyridine rings is 1. The third-order valence-corrected chi connectivity index (χ3v) is 3.30. The predicted molar refractivity (Wildman–Crippen MR) is 80.2 cm³/mol. The van der Waals surface area contributed by atoms with E-state index in [1.54, 1.807) is 25.4 Å². The van der Waals surface area contributed by atoms with E-state index >= 15 is 0 Å². The van der Waals surface area contributed by atoms with Gasteiger partial charge in [0.15, 0.2) is 5.65 Å². The van der Waals surface area contributed by atoms with Crippen LogP contribution in [0.15, 0.2) is 29.2 Å². The predicted octanol–water partition coefficient (Wildman–Crippen LogP) is -0.0460. The number of fused-ring (bicyclic) bond motifs is 1. The van der Waals surface area contributed by atoms with Gasteiger partial charge in [0.05, 0.1) is 13.1 Å². The molecule has 0 saturated heterocycles. The molecule has 114 valence electrons. The minimum atomic E-state index is -0.151. The van der Waals surface area contributed by atoms with Crippen LogP contribution < -0.4 is 11.0 Å². The molecule has 0 aromatic carbocycles. The van der Waals surface area contributed by atoms with E-state index in [2.05, 4.69) is 17.3 Å². The second-order valence-electron chi connectivity index (χ2n) is 4.88. The number of amides is 1. The van der Waals surface area contributed by atoms with Crippen molar-refractivity contribution >= 4 is 11.6 Å². The molecule has 2 aromatic rings. The molecule has 2 heterocycles. The van der Waals surface area contributed by atoms with Crippen LogP contribution in [-0.4, -0.2) is 51.7 Å². The fourth-order valence-electron chi connectivity index (χ4n) is 2.22. The van der Waals surface area contributed by atoms with Crippen molar-refractivity contribution in [2.45, 2.75) is 19.9 Å². The number of carbonyl (C=O) groups is 1. The zero-order valence-electron chi connectivity index (χ0n) is 12.5. The molecule has 0 radical (unpaired) electrons. The highest BCUT2D eigenvalue weighted by atomic mass is 16.2. The van der Waals surface area contributed by atoms with Gasteiger partial charge < -0.3 is 5.32 Å². The summed E-state index contributed by atoms with van der Waals surface area (Å²) < 4.78 is 2.96. The van der Waals surface area contributed by atoms with Crippen molar-refractivity contribution in [2.75, 3.05) is 26.7 Å². The van der Waals surface area contributed by atoms with Crippen LogP contribution in [0.2, 0.25) is 0 Å². The first-order chi connectivity index (χ1) is 10.2. The monoisotopic (exact) mass is 291 g/mol. The highest BCUT2D eigenvalue weighted by molar-refractivity contribution is 5.77. The van der Waals surface area contributed by atoms with Gasteiger partial charge in [-0.15, -0.1) is 5.10 Å². The van der Waals surface area contributed by atoms with Gasteiger partial charge in [-0.05, 0) is 25.1 Å². The Hall–Kier alpha value is -2.15. The van der Waals surface area contributed by atoms with Gasteiger partial charge in [0.2, 0.25) is 5.91 Å². The minimum Gasteiger partial charge on any atom is -0.358 e. The fourth-order valence-corrected chi connectivity index (χ4v) is 2.22. The summed E-state index contributed by atoms with van der Waals surface area (Å²) in [5.74, 6) is -0.0224. The van der Waals surface area contributed by atoms with Crippen LogP contribution in [0.5, 0.6) is 0 Å². The molecular formula is C14H21N5O2. The molecule has 0 aliphatic rings. The van der Waals surface area contributed by atoms with Crippen LogP contribution in [0.25, 0.3) is 5.65 Å². The lowest BCUT2D eigenvalue weighted by molar-refractivity contribution is -0.121. The van der Waals surface area contributed by atoms with E-state index in [4.69, 9.17) is 0 Å². The average Bonchev–Trinajstić information content (AvgIpc) is 2.82. The van der Waals surface area contributed by atoms with Gasteiger partial charge in [-0.25, -0.2) is 9.48 Å². The Morgan fingerprint density at radius 1 is 1.38 bits per heavy atom. The van der Waals surface area contributed by atoms with E-state index < -0.39 is 0 Å². The molecule has 0 spiro atoms. The Kier molecular flexibility index (Phi) is 5.10. The van der Waals surface area contributed by atoms with Crippen LogP contribution >= 0.6 is 0 Å². The largest absolute Gasteiger partial charge is 0.358 e. The van der Waals surface area contributed by atoms with Crippen LogP contribution in [-0.2, 0) is 11.3 Å². The normalized spacial score (nSPS) is 11.2. The Morgan fingerprint density at radius 2 is 2.19 bits per heavy atom. The van der Waals surface area contributed by atoms with Crippen molar-refractivity contribution in [3.63, 3.8) is 0 Å². The van der Waals surface area contributed by atoms with Crippen LogP contribution in [0.4, 0.5) is 0 Å².